The summed E-state index contributed by atoms with van der Waals surface area (Å²) in [4.78, 5) is 12.1. The molecule has 0 aliphatic heterocycles. The van der Waals surface area contributed by atoms with Crippen LogP contribution in [0.15, 0.2) is 36.4 Å². The number of halogens is 3. The molecule has 6 heteroatoms. The molecular weight excluding hydrogens is 328 g/mol. The van der Waals surface area contributed by atoms with E-state index in [0.717, 1.165) is 6.07 Å². The molecule has 0 heterocycles. The van der Waals surface area contributed by atoms with Crippen LogP contribution in [-0.2, 0) is 0 Å². The van der Waals surface area contributed by atoms with Crippen molar-refractivity contribution < 1.29 is 13.9 Å². The Bertz CT molecular complexity index is 705. The van der Waals surface area contributed by atoms with Crippen LogP contribution in [0.4, 0.5) is 10.1 Å². The van der Waals surface area contributed by atoms with Crippen LogP contribution in [0.25, 0.3) is 0 Å². The van der Waals surface area contributed by atoms with Crippen molar-refractivity contribution in [3.8, 4) is 5.75 Å². The molecule has 0 fully saturated rings. The van der Waals surface area contributed by atoms with E-state index >= 15 is 0 Å². The minimum atomic E-state index is -0.684. The topological polar surface area (TPSA) is 38.3 Å². The van der Waals surface area contributed by atoms with Crippen molar-refractivity contribution in [1.29, 1.82) is 0 Å². The monoisotopic (exact) mass is 341 g/mol. The van der Waals surface area contributed by atoms with Gasteiger partial charge in [-0.15, -0.1) is 0 Å². The summed E-state index contributed by atoms with van der Waals surface area (Å²) in [5.74, 6) is -0.744. The van der Waals surface area contributed by atoms with Crippen LogP contribution in [0.2, 0.25) is 10.0 Å². The second kappa shape index (κ2) is 6.99. The molecule has 0 aliphatic carbocycles. The molecule has 2 aromatic carbocycles. The van der Waals surface area contributed by atoms with Gasteiger partial charge in [-0.2, -0.15) is 0 Å². The highest BCUT2D eigenvalue weighted by Crippen LogP contribution is 2.29. The Morgan fingerprint density at radius 3 is 2.50 bits per heavy atom. The smallest absolute Gasteiger partial charge is 0.258 e. The average Bonchev–Trinajstić information content (AvgIpc) is 2.41. The summed E-state index contributed by atoms with van der Waals surface area (Å²) < 4.78 is 19.2. The van der Waals surface area contributed by atoms with E-state index in [9.17, 15) is 9.18 Å². The number of carbonyl (C=O) groups excluding carboxylic acids is 1. The van der Waals surface area contributed by atoms with Crippen LogP contribution < -0.4 is 10.1 Å². The van der Waals surface area contributed by atoms with E-state index in [0.29, 0.717) is 16.5 Å². The highest BCUT2D eigenvalue weighted by molar-refractivity contribution is 6.32. The fourth-order valence-electron chi connectivity index (χ4n) is 1.80. The summed E-state index contributed by atoms with van der Waals surface area (Å²) in [6.45, 7) is 3.77. The van der Waals surface area contributed by atoms with Gasteiger partial charge < -0.3 is 10.1 Å². The van der Waals surface area contributed by atoms with Gasteiger partial charge in [0.1, 0.15) is 11.6 Å². The maximum absolute atomic E-state index is 13.7. The highest BCUT2D eigenvalue weighted by Gasteiger charge is 2.13. The van der Waals surface area contributed by atoms with Gasteiger partial charge in [-0.25, -0.2) is 4.39 Å². The maximum Gasteiger partial charge on any atom is 0.258 e. The summed E-state index contributed by atoms with van der Waals surface area (Å²) >= 11 is 11.7. The molecule has 0 atom stereocenters. The number of ether oxygens (including phenoxy) is 1. The molecule has 2 aromatic rings. The quantitative estimate of drug-likeness (QED) is 0.832. The van der Waals surface area contributed by atoms with Gasteiger partial charge in [0.25, 0.3) is 5.91 Å². The molecule has 0 radical (unpaired) electrons. The first-order valence-corrected chi connectivity index (χ1v) is 7.35. The summed E-state index contributed by atoms with van der Waals surface area (Å²) in [7, 11) is 0. The minimum absolute atomic E-state index is 0.0129. The Labute approximate surface area is 138 Å². The van der Waals surface area contributed by atoms with Crippen molar-refractivity contribution >= 4 is 34.8 Å². The Kier molecular flexibility index (Phi) is 5.27. The second-order valence-electron chi connectivity index (χ2n) is 4.89. The van der Waals surface area contributed by atoms with Gasteiger partial charge >= 0.3 is 0 Å². The zero-order chi connectivity index (χ0) is 16.3. The first kappa shape index (κ1) is 16.6. The van der Waals surface area contributed by atoms with Crippen LogP contribution in [0.1, 0.15) is 24.2 Å². The number of hydrogen-bond donors (Lipinski definition) is 1. The van der Waals surface area contributed by atoms with Gasteiger partial charge in [-0.3, -0.25) is 4.79 Å². The number of nitrogens with one attached hydrogen (secondary N) is 1. The van der Waals surface area contributed by atoms with Crippen molar-refractivity contribution in [3.63, 3.8) is 0 Å². The second-order valence-corrected chi connectivity index (χ2v) is 5.73. The number of rotatable bonds is 4. The number of anilines is 1. The van der Waals surface area contributed by atoms with E-state index < -0.39 is 11.7 Å². The maximum atomic E-state index is 13.7. The molecule has 0 aromatic heterocycles. The minimum Gasteiger partial charge on any atom is -0.489 e. The fourth-order valence-corrected chi connectivity index (χ4v) is 2.18. The van der Waals surface area contributed by atoms with Crippen molar-refractivity contribution in [2.75, 3.05) is 5.32 Å². The van der Waals surface area contributed by atoms with Crippen molar-refractivity contribution in [2.45, 2.75) is 20.0 Å². The lowest BCUT2D eigenvalue weighted by Crippen LogP contribution is -2.14. The van der Waals surface area contributed by atoms with E-state index in [-0.39, 0.29) is 16.7 Å². The zero-order valence-corrected chi connectivity index (χ0v) is 13.5. The SMILES string of the molecule is CC(C)Oc1ccc(NC(=O)c2ccc(Cl)cc2F)cc1Cl. The number of benzene rings is 2. The van der Waals surface area contributed by atoms with Crippen LogP contribution in [-0.4, -0.2) is 12.0 Å². The molecule has 2 rings (SSSR count). The van der Waals surface area contributed by atoms with Crippen LogP contribution in [0.3, 0.4) is 0 Å². The third kappa shape index (κ3) is 4.12. The van der Waals surface area contributed by atoms with E-state index in [4.69, 9.17) is 27.9 Å². The molecule has 3 nitrogen and oxygen atoms in total. The molecule has 116 valence electrons. The first-order chi connectivity index (χ1) is 10.4. The summed E-state index contributed by atoms with van der Waals surface area (Å²) in [5, 5.41) is 3.17. The molecule has 0 bridgehead atoms. The fraction of sp³-hybridized carbons (Fsp3) is 0.188. The van der Waals surface area contributed by atoms with Crippen LogP contribution >= 0.6 is 23.2 Å². The van der Waals surface area contributed by atoms with Gasteiger partial charge in [-0.1, -0.05) is 23.2 Å². The van der Waals surface area contributed by atoms with Gasteiger partial charge in [0.15, 0.2) is 0 Å². The van der Waals surface area contributed by atoms with Gasteiger partial charge in [-0.05, 0) is 50.2 Å². The van der Waals surface area contributed by atoms with E-state index in [1.807, 2.05) is 13.8 Å². The first-order valence-electron chi connectivity index (χ1n) is 6.59. The third-order valence-corrected chi connectivity index (χ3v) is 3.26. The van der Waals surface area contributed by atoms with E-state index in [1.165, 1.54) is 12.1 Å². The normalized spacial score (nSPS) is 10.6. The predicted molar refractivity (Wildman–Crippen MR) is 86.6 cm³/mol. The van der Waals surface area contributed by atoms with Gasteiger partial charge in [0.05, 0.1) is 16.7 Å². The lowest BCUT2D eigenvalue weighted by atomic mass is 10.2. The van der Waals surface area contributed by atoms with Crippen molar-refractivity contribution in [2.24, 2.45) is 0 Å². The molecule has 0 saturated carbocycles. The molecule has 0 saturated heterocycles. The van der Waals surface area contributed by atoms with E-state index in [1.54, 1.807) is 18.2 Å². The Hall–Kier alpha value is -1.78. The largest absolute Gasteiger partial charge is 0.489 e. The van der Waals surface area contributed by atoms with Crippen LogP contribution in [0.5, 0.6) is 5.75 Å². The molecular formula is C16H14Cl2FNO2. The van der Waals surface area contributed by atoms with Crippen LogP contribution in [0, 0.1) is 5.82 Å². The number of hydrogen-bond acceptors (Lipinski definition) is 2. The van der Waals surface area contributed by atoms with Crippen molar-refractivity contribution in [3.05, 3.63) is 57.8 Å². The summed E-state index contributed by atoms with van der Waals surface area (Å²) in [5.41, 5.74) is 0.350. The zero-order valence-electron chi connectivity index (χ0n) is 12.0. The molecule has 0 spiro atoms. The summed E-state index contributed by atoms with van der Waals surface area (Å²) in [6, 6.07) is 8.69. The van der Waals surface area contributed by atoms with E-state index in [2.05, 4.69) is 5.32 Å². The van der Waals surface area contributed by atoms with Crippen molar-refractivity contribution in [1.82, 2.24) is 0 Å². The lowest BCUT2D eigenvalue weighted by molar-refractivity contribution is 0.102. The molecule has 1 amide bonds. The highest BCUT2D eigenvalue weighted by atomic mass is 35.5. The summed E-state index contributed by atoms with van der Waals surface area (Å²) in [6.07, 6.45) is -0.0129. The molecule has 0 aliphatic rings. The molecule has 1 N–H and O–H groups in total. The number of amides is 1. The Balaban J connectivity index is 2.16. The average molecular weight is 342 g/mol. The Morgan fingerprint density at radius 2 is 1.91 bits per heavy atom. The predicted octanol–water partition coefficient (Wildman–Crippen LogP) is 5.17. The number of carbonyl (C=O) groups is 1. The third-order valence-electron chi connectivity index (χ3n) is 2.73. The standard InChI is InChI=1S/C16H14Cl2FNO2/c1-9(2)22-15-6-4-11(8-13(15)18)20-16(21)12-5-3-10(17)7-14(12)19/h3-9H,1-2H3,(H,20,21). The molecule has 0 unspecified atom stereocenters. The van der Waals surface area contributed by atoms with Gasteiger partial charge in [0.2, 0.25) is 0 Å². The molecule has 22 heavy (non-hydrogen) atoms. The van der Waals surface area contributed by atoms with Gasteiger partial charge in [0, 0.05) is 10.7 Å². The lowest BCUT2D eigenvalue weighted by Gasteiger charge is -2.13. The Morgan fingerprint density at radius 1 is 1.18 bits per heavy atom.